The number of nitrogens with one attached hydrogen (secondary N) is 2. The highest BCUT2D eigenvalue weighted by molar-refractivity contribution is 5.69. The first-order valence-corrected chi connectivity index (χ1v) is 16.7. The van der Waals surface area contributed by atoms with E-state index in [-0.39, 0.29) is 13.1 Å². The fourth-order valence-electron chi connectivity index (χ4n) is 5.59. The summed E-state index contributed by atoms with van der Waals surface area (Å²) in [7, 11) is 0. The van der Waals surface area contributed by atoms with Crippen LogP contribution in [0.2, 0.25) is 0 Å². The van der Waals surface area contributed by atoms with Gasteiger partial charge in [0.1, 0.15) is 22.6 Å². The molecular weight excluding hydrogens is 664 g/mol. The van der Waals surface area contributed by atoms with Crippen LogP contribution in [0.1, 0.15) is 42.1 Å². The second-order valence-electron chi connectivity index (χ2n) is 13.7. The SMILES string of the molecule is Cc1cc(Nc2nc(C)cc(Cc3cc(Nc4nccc(C)n4)cc(-c4cn(C[C@](C)(O)CO)nn4)c3)n2)cc(-c2cn(C[C@@](C)(O)CO)nn2)c1. The Hall–Kier alpha value is -5.68. The van der Waals surface area contributed by atoms with Gasteiger partial charge in [-0.05, 0) is 94.3 Å². The zero-order chi connectivity index (χ0) is 37.0. The average Bonchev–Trinajstić information content (AvgIpc) is 3.73. The van der Waals surface area contributed by atoms with Gasteiger partial charge in [0.05, 0.1) is 44.4 Å². The largest absolute Gasteiger partial charge is 0.393 e. The Labute approximate surface area is 300 Å². The van der Waals surface area contributed by atoms with E-state index in [0.29, 0.717) is 29.7 Å². The lowest BCUT2D eigenvalue weighted by Crippen LogP contribution is -2.34. The smallest absolute Gasteiger partial charge is 0.227 e. The Morgan fingerprint density at radius 1 is 0.673 bits per heavy atom. The Bertz CT molecular complexity index is 2180. The normalized spacial score (nSPS) is 13.8. The number of hydrogen-bond donors (Lipinski definition) is 6. The van der Waals surface area contributed by atoms with Gasteiger partial charge in [0.25, 0.3) is 0 Å². The number of anilines is 4. The van der Waals surface area contributed by atoms with Gasteiger partial charge in [-0.15, -0.1) is 10.2 Å². The van der Waals surface area contributed by atoms with Crippen molar-refractivity contribution < 1.29 is 20.4 Å². The van der Waals surface area contributed by atoms with Crippen LogP contribution in [0.15, 0.2) is 67.1 Å². The lowest BCUT2D eigenvalue weighted by molar-refractivity contribution is -0.0150. The quantitative estimate of drug-likeness (QED) is 0.0958. The molecule has 4 heterocycles. The van der Waals surface area contributed by atoms with Crippen molar-refractivity contribution >= 4 is 23.3 Å². The minimum Gasteiger partial charge on any atom is -0.393 e. The third-order valence-electron chi connectivity index (χ3n) is 8.03. The van der Waals surface area contributed by atoms with Gasteiger partial charge in [-0.3, -0.25) is 0 Å². The Kier molecular flexibility index (Phi) is 10.3. The van der Waals surface area contributed by atoms with Gasteiger partial charge in [0.15, 0.2) is 0 Å². The molecule has 270 valence electrons. The Morgan fingerprint density at radius 3 is 1.87 bits per heavy atom. The van der Waals surface area contributed by atoms with Crippen LogP contribution in [-0.4, -0.2) is 94.8 Å². The molecule has 0 unspecified atom stereocenters. The second kappa shape index (κ2) is 14.9. The van der Waals surface area contributed by atoms with E-state index in [9.17, 15) is 20.4 Å². The van der Waals surface area contributed by atoms with E-state index in [1.54, 1.807) is 18.6 Å². The summed E-state index contributed by atoms with van der Waals surface area (Å²) in [5.74, 6) is 0.878. The molecule has 0 bridgehead atoms. The zero-order valence-corrected chi connectivity index (χ0v) is 29.6. The number of nitrogens with zero attached hydrogens (tertiary/aromatic N) is 10. The maximum absolute atomic E-state index is 10.4. The molecule has 0 saturated heterocycles. The third kappa shape index (κ3) is 9.35. The van der Waals surface area contributed by atoms with Crippen molar-refractivity contribution in [1.82, 2.24) is 49.9 Å². The van der Waals surface area contributed by atoms with E-state index < -0.39 is 24.4 Å². The summed E-state index contributed by atoms with van der Waals surface area (Å²) < 4.78 is 3.01. The predicted molar refractivity (Wildman–Crippen MR) is 194 cm³/mol. The molecule has 0 spiro atoms. The first-order valence-electron chi connectivity index (χ1n) is 16.7. The molecule has 0 aliphatic rings. The zero-order valence-electron chi connectivity index (χ0n) is 29.6. The maximum atomic E-state index is 10.4. The van der Waals surface area contributed by atoms with Crippen molar-refractivity contribution in [2.45, 2.75) is 65.3 Å². The summed E-state index contributed by atoms with van der Waals surface area (Å²) in [4.78, 5) is 18.4. The van der Waals surface area contributed by atoms with E-state index >= 15 is 0 Å². The van der Waals surface area contributed by atoms with Gasteiger partial charge in [-0.1, -0.05) is 10.4 Å². The topological polar surface area (TPSA) is 218 Å². The number of benzene rings is 2. The Balaban J connectivity index is 1.27. The first kappa shape index (κ1) is 36.1. The van der Waals surface area contributed by atoms with Crippen LogP contribution in [0, 0.1) is 20.8 Å². The molecule has 0 radical (unpaired) electrons. The number of aliphatic hydroxyl groups is 4. The molecule has 4 aromatic heterocycles. The maximum Gasteiger partial charge on any atom is 0.227 e. The third-order valence-corrected chi connectivity index (χ3v) is 8.03. The summed E-state index contributed by atoms with van der Waals surface area (Å²) in [5.41, 5.74) is 5.92. The highest BCUT2D eigenvalue weighted by Crippen LogP contribution is 2.28. The van der Waals surface area contributed by atoms with Gasteiger partial charge in [-0.2, -0.15) is 0 Å². The number of hydrogen-bond acceptors (Lipinski definition) is 14. The average molecular weight is 707 g/mol. The number of aromatic nitrogens is 10. The molecule has 2 atom stereocenters. The fraction of sp³-hybridized carbons (Fsp3) is 0.333. The number of aryl methyl sites for hydroxylation is 3. The summed E-state index contributed by atoms with van der Waals surface area (Å²) >= 11 is 0. The van der Waals surface area contributed by atoms with Crippen molar-refractivity contribution in [3.05, 3.63) is 95.3 Å². The van der Waals surface area contributed by atoms with Crippen LogP contribution in [0.3, 0.4) is 0 Å². The van der Waals surface area contributed by atoms with Crippen LogP contribution in [0.5, 0.6) is 0 Å². The summed E-state index contributed by atoms with van der Waals surface area (Å²) in [5, 5.41) is 63.1. The molecule has 0 aliphatic carbocycles. The van der Waals surface area contributed by atoms with Crippen molar-refractivity contribution in [2.24, 2.45) is 0 Å². The van der Waals surface area contributed by atoms with Gasteiger partial charge in [-0.25, -0.2) is 29.3 Å². The number of aliphatic hydroxyl groups excluding tert-OH is 2. The molecule has 16 nitrogen and oxygen atoms in total. The molecule has 0 amide bonds. The van der Waals surface area contributed by atoms with Crippen molar-refractivity contribution in [3.8, 4) is 22.5 Å². The Morgan fingerprint density at radius 2 is 1.25 bits per heavy atom. The van der Waals surface area contributed by atoms with Crippen molar-refractivity contribution in [3.63, 3.8) is 0 Å². The monoisotopic (exact) mass is 706 g/mol. The second-order valence-corrected chi connectivity index (χ2v) is 13.7. The van der Waals surface area contributed by atoms with E-state index in [0.717, 1.165) is 50.7 Å². The molecule has 0 fully saturated rings. The van der Waals surface area contributed by atoms with E-state index in [1.807, 2.05) is 69.3 Å². The molecular formula is C36H42N12O4. The van der Waals surface area contributed by atoms with E-state index in [4.69, 9.17) is 4.98 Å². The lowest BCUT2D eigenvalue weighted by atomic mass is 10.0. The van der Waals surface area contributed by atoms with Crippen LogP contribution >= 0.6 is 0 Å². The summed E-state index contributed by atoms with van der Waals surface area (Å²) in [6.07, 6.45) is 5.61. The van der Waals surface area contributed by atoms with Crippen LogP contribution in [0.4, 0.5) is 23.3 Å². The van der Waals surface area contributed by atoms with E-state index in [1.165, 1.54) is 23.2 Å². The standard InChI is InChI=1S/C36H42N12O4/c1-22-8-26(31-16-47(45-43-31)18-35(4,51)20-49)14-28(9-22)41-34-39-24(3)10-29(42-34)12-25-11-27(32-17-48(46-44-32)19-36(5,52)21-50)15-30(13-25)40-33-37-7-6-23(2)38-33/h6-11,13-17,49-52H,12,18-21H2,1-5H3,(H,37,38,40)(H,39,41,42)/t35-,36+/m1/s1. The lowest BCUT2D eigenvalue weighted by Gasteiger charge is -2.19. The highest BCUT2D eigenvalue weighted by atomic mass is 16.3. The van der Waals surface area contributed by atoms with Crippen molar-refractivity contribution in [1.29, 1.82) is 0 Å². The van der Waals surface area contributed by atoms with Crippen molar-refractivity contribution in [2.75, 3.05) is 23.8 Å². The predicted octanol–water partition coefficient (Wildman–Crippen LogP) is 3.27. The van der Waals surface area contributed by atoms with Gasteiger partial charge in [0.2, 0.25) is 11.9 Å². The number of rotatable bonds is 14. The van der Waals surface area contributed by atoms with Gasteiger partial charge in [0, 0.05) is 46.5 Å². The van der Waals surface area contributed by atoms with Crippen LogP contribution in [-0.2, 0) is 19.5 Å². The van der Waals surface area contributed by atoms with Crippen LogP contribution < -0.4 is 10.6 Å². The minimum absolute atomic E-state index is 0.0742. The summed E-state index contributed by atoms with van der Waals surface area (Å²) in [6.45, 7) is 8.21. The fourth-order valence-corrected chi connectivity index (χ4v) is 5.59. The van der Waals surface area contributed by atoms with E-state index in [2.05, 4.69) is 46.2 Å². The summed E-state index contributed by atoms with van der Waals surface area (Å²) in [6, 6.07) is 15.6. The molecule has 2 aromatic carbocycles. The molecule has 52 heavy (non-hydrogen) atoms. The molecule has 6 rings (SSSR count). The molecule has 6 aromatic rings. The van der Waals surface area contributed by atoms with Gasteiger partial charge < -0.3 is 31.1 Å². The molecule has 0 saturated carbocycles. The molecule has 0 aliphatic heterocycles. The van der Waals surface area contributed by atoms with Crippen LogP contribution in [0.25, 0.3) is 22.5 Å². The first-order chi connectivity index (χ1) is 24.7. The molecule has 16 heteroatoms. The molecule has 6 N–H and O–H groups in total. The minimum atomic E-state index is -1.34. The highest BCUT2D eigenvalue weighted by Gasteiger charge is 2.22. The van der Waals surface area contributed by atoms with Gasteiger partial charge >= 0.3 is 0 Å².